The van der Waals surface area contributed by atoms with Gasteiger partial charge in [0.05, 0.1) is 18.2 Å². The molecule has 0 bridgehead atoms. The molecule has 86 valence electrons. The molecular formula is C12H9ClN2O2. The van der Waals surface area contributed by atoms with Gasteiger partial charge < -0.3 is 9.72 Å². The number of H-pyrrole nitrogens is 1. The summed E-state index contributed by atoms with van der Waals surface area (Å²) in [7, 11) is 0. The molecule has 17 heavy (non-hydrogen) atoms. The summed E-state index contributed by atoms with van der Waals surface area (Å²) in [5.74, 6) is -0.488. The van der Waals surface area contributed by atoms with E-state index in [4.69, 9.17) is 22.9 Å². The number of halogens is 1. The Balaban J connectivity index is 2.57. The van der Waals surface area contributed by atoms with E-state index in [9.17, 15) is 4.79 Å². The van der Waals surface area contributed by atoms with Crippen molar-refractivity contribution in [3.8, 4) is 0 Å². The van der Waals surface area contributed by atoms with Crippen LogP contribution in [0.3, 0.4) is 0 Å². The lowest BCUT2D eigenvalue weighted by Crippen LogP contribution is -2.05. The second-order valence-corrected chi connectivity index (χ2v) is 3.75. The van der Waals surface area contributed by atoms with Crippen molar-refractivity contribution in [3.63, 3.8) is 0 Å². The highest BCUT2D eigenvalue weighted by molar-refractivity contribution is 6.38. The van der Waals surface area contributed by atoms with E-state index in [0.29, 0.717) is 21.6 Å². The molecule has 0 aliphatic heterocycles. The molecule has 4 nitrogen and oxygen atoms in total. The molecular weight excluding hydrogens is 240 g/mol. The van der Waals surface area contributed by atoms with E-state index < -0.39 is 5.97 Å². The number of fused-ring (bicyclic) bond motifs is 1. The first-order valence-electron chi connectivity index (χ1n) is 5.03. The van der Waals surface area contributed by atoms with Crippen molar-refractivity contribution in [1.82, 2.24) is 4.98 Å². The van der Waals surface area contributed by atoms with E-state index in [-0.39, 0.29) is 12.3 Å². The summed E-state index contributed by atoms with van der Waals surface area (Å²) in [6.45, 7) is 8.93. The molecule has 1 aromatic heterocycles. The Kier molecular flexibility index (Phi) is 3.03. The van der Waals surface area contributed by atoms with Crippen LogP contribution >= 0.6 is 11.6 Å². The van der Waals surface area contributed by atoms with Crippen molar-refractivity contribution in [1.29, 1.82) is 0 Å². The van der Waals surface area contributed by atoms with Crippen LogP contribution < -0.4 is 0 Å². The quantitative estimate of drug-likeness (QED) is 0.653. The van der Waals surface area contributed by atoms with Gasteiger partial charge in [0, 0.05) is 10.9 Å². The Bertz CT molecular complexity index is 625. The average molecular weight is 249 g/mol. The molecule has 0 radical (unpaired) electrons. The van der Waals surface area contributed by atoms with Crippen LogP contribution in [0.2, 0.25) is 5.02 Å². The van der Waals surface area contributed by atoms with Crippen molar-refractivity contribution in [2.24, 2.45) is 0 Å². The topological polar surface area (TPSA) is 46.5 Å². The Morgan fingerprint density at radius 3 is 3.00 bits per heavy atom. The predicted molar refractivity (Wildman–Crippen MR) is 65.5 cm³/mol. The first kappa shape index (κ1) is 11.5. The van der Waals surface area contributed by atoms with Crippen LogP contribution in [0.15, 0.2) is 18.2 Å². The van der Waals surface area contributed by atoms with E-state index in [1.165, 1.54) is 0 Å². The number of esters is 1. The summed E-state index contributed by atoms with van der Waals surface area (Å²) < 4.78 is 4.88. The number of aromatic nitrogens is 1. The third kappa shape index (κ3) is 1.97. The van der Waals surface area contributed by atoms with Crippen LogP contribution in [0, 0.1) is 6.57 Å². The zero-order valence-corrected chi connectivity index (χ0v) is 9.84. The van der Waals surface area contributed by atoms with Gasteiger partial charge in [-0.15, -0.1) is 0 Å². The van der Waals surface area contributed by atoms with Crippen molar-refractivity contribution in [3.05, 3.63) is 40.3 Å². The summed E-state index contributed by atoms with van der Waals surface area (Å²) in [4.78, 5) is 17.8. The van der Waals surface area contributed by atoms with E-state index in [1.807, 2.05) is 0 Å². The highest BCUT2D eigenvalue weighted by Gasteiger charge is 2.17. The van der Waals surface area contributed by atoms with Crippen LogP contribution in [-0.2, 0) is 4.74 Å². The van der Waals surface area contributed by atoms with E-state index in [0.717, 1.165) is 0 Å². The van der Waals surface area contributed by atoms with Crippen molar-refractivity contribution in [2.75, 3.05) is 6.61 Å². The third-order valence-corrected chi connectivity index (χ3v) is 2.72. The lowest BCUT2D eigenvalue weighted by molar-refractivity contribution is 0.0521. The van der Waals surface area contributed by atoms with Gasteiger partial charge in [-0.05, 0) is 13.0 Å². The molecule has 2 aromatic rings. The molecule has 5 heteroatoms. The zero-order valence-electron chi connectivity index (χ0n) is 9.08. The second kappa shape index (κ2) is 4.48. The van der Waals surface area contributed by atoms with Crippen LogP contribution in [-0.4, -0.2) is 17.6 Å². The third-order valence-electron chi connectivity index (χ3n) is 2.33. The molecule has 0 spiro atoms. The number of rotatable bonds is 2. The lowest BCUT2D eigenvalue weighted by atomic mass is 10.2. The van der Waals surface area contributed by atoms with Crippen molar-refractivity contribution < 1.29 is 9.53 Å². The highest BCUT2D eigenvalue weighted by Crippen LogP contribution is 2.30. The fraction of sp³-hybridized carbons (Fsp3) is 0.167. The minimum atomic E-state index is -0.488. The molecule has 0 fully saturated rings. The summed E-state index contributed by atoms with van der Waals surface area (Å²) in [6, 6.07) is 5.02. The minimum Gasteiger partial charge on any atom is -0.461 e. The molecule has 0 unspecified atom stereocenters. The molecule has 0 atom stereocenters. The normalized spacial score (nSPS) is 10.2. The Morgan fingerprint density at radius 1 is 1.59 bits per heavy atom. The van der Waals surface area contributed by atoms with Gasteiger partial charge in [0.1, 0.15) is 5.69 Å². The SMILES string of the molecule is [C-]#[N+]c1ccc2c(Cl)c(C(=O)OCC)[nH]c2c1. The van der Waals surface area contributed by atoms with Gasteiger partial charge in [-0.2, -0.15) is 0 Å². The van der Waals surface area contributed by atoms with Crippen LogP contribution in [0.1, 0.15) is 17.4 Å². The van der Waals surface area contributed by atoms with E-state index in [1.54, 1.807) is 25.1 Å². The van der Waals surface area contributed by atoms with Gasteiger partial charge in [-0.1, -0.05) is 23.7 Å². The van der Waals surface area contributed by atoms with Gasteiger partial charge in [0.2, 0.25) is 0 Å². The number of nitrogens with one attached hydrogen (secondary N) is 1. The van der Waals surface area contributed by atoms with E-state index in [2.05, 4.69) is 9.83 Å². The largest absolute Gasteiger partial charge is 0.461 e. The molecule has 1 N–H and O–H groups in total. The van der Waals surface area contributed by atoms with Crippen LogP contribution in [0.25, 0.3) is 15.7 Å². The number of hydrogen-bond donors (Lipinski definition) is 1. The number of carbonyl (C=O) groups is 1. The van der Waals surface area contributed by atoms with Crippen molar-refractivity contribution >= 4 is 34.2 Å². The maximum Gasteiger partial charge on any atom is 0.356 e. The molecule has 2 rings (SSSR count). The highest BCUT2D eigenvalue weighted by atomic mass is 35.5. The number of aromatic amines is 1. The molecule has 0 aliphatic rings. The number of nitrogens with zero attached hydrogens (tertiary/aromatic N) is 1. The number of hydrogen-bond acceptors (Lipinski definition) is 2. The lowest BCUT2D eigenvalue weighted by Gasteiger charge is -1.98. The maximum atomic E-state index is 11.6. The van der Waals surface area contributed by atoms with Gasteiger partial charge in [0.25, 0.3) is 0 Å². The predicted octanol–water partition coefficient (Wildman–Crippen LogP) is 3.55. The monoisotopic (exact) mass is 248 g/mol. The van der Waals surface area contributed by atoms with Crippen LogP contribution in [0.4, 0.5) is 5.69 Å². The fourth-order valence-corrected chi connectivity index (χ4v) is 1.85. The Morgan fingerprint density at radius 2 is 2.35 bits per heavy atom. The first-order chi connectivity index (χ1) is 8.17. The molecule has 0 saturated heterocycles. The Labute approximate surface area is 103 Å². The molecule has 0 aliphatic carbocycles. The summed E-state index contributed by atoms with van der Waals surface area (Å²) in [6.07, 6.45) is 0. The maximum absolute atomic E-state index is 11.6. The molecule has 1 aromatic carbocycles. The van der Waals surface area contributed by atoms with Gasteiger partial charge in [0.15, 0.2) is 5.69 Å². The molecule has 0 saturated carbocycles. The van der Waals surface area contributed by atoms with Gasteiger partial charge >= 0.3 is 5.97 Å². The van der Waals surface area contributed by atoms with Gasteiger partial charge in [-0.25, -0.2) is 9.64 Å². The second-order valence-electron chi connectivity index (χ2n) is 3.38. The number of benzene rings is 1. The smallest absolute Gasteiger partial charge is 0.356 e. The standard InChI is InChI=1S/C12H9ClN2O2/c1-3-17-12(16)11-10(13)8-5-4-7(14-2)6-9(8)15-11/h4-6,15H,3H2,1H3. The van der Waals surface area contributed by atoms with Gasteiger partial charge in [-0.3, -0.25) is 0 Å². The van der Waals surface area contributed by atoms with E-state index >= 15 is 0 Å². The number of carbonyl (C=O) groups excluding carboxylic acids is 1. The zero-order chi connectivity index (χ0) is 12.4. The Hall–Kier alpha value is -1.99. The summed E-state index contributed by atoms with van der Waals surface area (Å²) in [5.41, 5.74) is 1.38. The molecule has 1 heterocycles. The summed E-state index contributed by atoms with van der Waals surface area (Å²) >= 11 is 6.07. The minimum absolute atomic E-state index is 0.227. The average Bonchev–Trinajstić information content (AvgIpc) is 2.66. The van der Waals surface area contributed by atoms with Crippen molar-refractivity contribution in [2.45, 2.75) is 6.92 Å². The molecule has 0 amide bonds. The summed E-state index contributed by atoms with van der Waals surface area (Å²) in [5, 5.41) is 1.04. The number of ether oxygens (including phenoxy) is 1. The fourth-order valence-electron chi connectivity index (χ4n) is 1.56. The first-order valence-corrected chi connectivity index (χ1v) is 5.41. The van der Waals surface area contributed by atoms with Crippen LogP contribution in [0.5, 0.6) is 0 Å².